The molecule has 0 saturated heterocycles. The zero-order valence-corrected chi connectivity index (χ0v) is 11.5. The summed E-state index contributed by atoms with van der Waals surface area (Å²) in [6.07, 6.45) is 1.52. The van der Waals surface area contributed by atoms with Gasteiger partial charge in [0.25, 0.3) is 11.6 Å². The minimum atomic E-state index is -0.543. The fraction of sp³-hybridized carbons (Fsp3) is 0.250. The zero-order valence-electron chi connectivity index (χ0n) is 11.5. The molecule has 9 nitrogen and oxygen atoms in total. The molecule has 110 valence electrons. The highest BCUT2D eigenvalue weighted by atomic mass is 16.6. The average Bonchev–Trinajstić information content (AvgIpc) is 2.89. The predicted octanol–water partition coefficient (Wildman–Crippen LogP) is 0.695. The summed E-state index contributed by atoms with van der Waals surface area (Å²) < 4.78 is 1.67. The number of aryl methyl sites for hydroxylation is 1. The third kappa shape index (κ3) is 3.14. The first-order valence-corrected chi connectivity index (χ1v) is 6.10. The van der Waals surface area contributed by atoms with Crippen molar-refractivity contribution in [2.75, 3.05) is 12.4 Å². The minimum absolute atomic E-state index is 0.141. The van der Waals surface area contributed by atoms with Crippen LogP contribution in [0.5, 0.6) is 0 Å². The lowest BCUT2D eigenvalue weighted by molar-refractivity contribution is -0.384. The number of carbonyl (C=O) groups excluding carboxylic acids is 1. The molecule has 9 heteroatoms. The highest BCUT2D eigenvalue weighted by Crippen LogP contribution is 2.21. The Kier molecular flexibility index (Phi) is 4.12. The van der Waals surface area contributed by atoms with E-state index in [0.29, 0.717) is 11.5 Å². The molecule has 0 bridgehead atoms. The molecule has 1 heterocycles. The topological polar surface area (TPSA) is 115 Å². The maximum Gasteiger partial charge on any atom is 0.270 e. The largest absolute Gasteiger partial charge is 0.387 e. The number of hydrogen-bond acceptors (Lipinski definition) is 6. The summed E-state index contributed by atoms with van der Waals surface area (Å²) in [5, 5.41) is 23.8. The second-order valence-electron chi connectivity index (χ2n) is 4.28. The number of nitrogens with one attached hydrogen (secondary N) is 2. The van der Waals surface area contributed by atoms with Crippen molar-refractivity contribution in [3.8, 4) is 0 Å². The number of carbonyl (C=O) groups is 1. The number of nitro benzene ring substituents is 1. The lowest BCUT2D eigenvalue weighted by Gasteiger charge is -2.09. The second-order valence-corrected chi connectivity index (χ2v) is 4.28. The van der Waals surface area contributed by atoms with Crippen LogP contribution in [0.4, 0.5) is 11.4 Å². The van der Waals surface area contributed by atoms with Gasteiger partial charge < -0.3 is 15.2 Å². The van der Waals surface area contributed by atoms with E-state index < -0.39 is 10.8 Å². The molecule has 0 aliphatic carbocycles. The number of amides is 1. The van der Waals surface area contributed by atoms with Crippen molar-refractivity contribution in [3.63, 3.8) is 0 Å². The van der Waals surface area contributed by atoms with Gasteiger partial charge in [-0.2, -0.15) is 0 Å². The monoisotopic (exact) mass is 290 g/mol. The second kappa shape index (κ2) is 5.99. The van der Waals surface area contributed by atoms with Crippen LogP contribution in [0.25, 0.3) is 0 Å². The van der Waals surface area contributed by atoms with E-state index in [1.165, 1.54) is 24.5 Å². The Labute approximate surface area is 120 Å². The fourth-order valence-electron chi connectivity index (χ4n) is 1.77. The molecular weight excluding hydrogens is 276 g/mol. The highest BCUT2D eigenvalue weighted by Gasteiger charge is 2.16. The number of benzene rings is 1. The van der Waals surface area contributed by atoms with Crippen LogP contribution in [0.15, 0.2) is 24.5 Å². The quantitative estimate of drug-likeness (QED) is 0.618. The van der Waals surface area contributed by atoms with Crippen molar-refractivity contribution in [2.24, 2.45) is 7.05 Å². The first kappa shape index (κ1) is 14.4. The summed E-state index contributed by atoms with van der Waals surface area (Å²) in [5.74, 6) is 0.158. The van der Waals surface area contributed by atoms with Crippen molar-refractivity contribution in [1.82, 2.24) is 20.1 Å². The average molecular weight is 290 g/mol. The molecule has 0 atom stereocenters. The lowest BCUT2D eigenvalue weighted by atomic mass is 10.1. The molecule has 0 radical (unpaired) electrons. The molecule has 1 aromatic carbocycles. The molecule has 1 aromatic heterocycles. The Balaban J connectivity index is 2.19. The maximum atomic E-state index is 12.2. The number of hydrogen-bond donors (Lipinski definition) is 2. The van der Waals surface area contributed by atoms with Crippen molar-refractivity contribution in [2.45, 2.75) is 6.54 Å². The van der Waals surface area contributed by atoms with Crippen LogP contribution in [0.3, 0.4) is 0 Å². The van der Waals surface area contributed by atoms with Crippen molar-refractivity contribution >= 4 is 17.3 Å². The van der Waals surface area contributed by atoms with Crippen LogP contribution in [0.2, 0.25) is 0 Å². The van der Waals surface area contributed by atoms with Crippen molar-refractivity contribution in [1.29, 1.82) is 0 Å². The summed E-state index contributed by atoms with van der Waals surface area (Å²) >= 11 is 0. The Morgan fingerprint density at radius 1 is 1.48 bits per heavy atom. The molecule has 0 aliphatic rings. The van der Waals surface area contributed by atoms with E-state index in [1.54, 1.807) is 18.7 Å². The van der Waals surface area contributed by atoms with Gasteiger partial charge >= 0.3 is 0 Å². The molecule has 2 aromatic rings. The Hall–Kier alpha value is -2.97. The SMILES string of the molecule is CNc1ccc([N+](=O)[O-])cc1C(=O)NCc1nncn1C. The number of nitro groups is 1. The molecular formula is C12H14N6O3. The van der Waals surface area contributed by atoms with Gasteiger partial charge in [-0.25, -0.2) is 0 Å². The van der Waals surface area contributed by atoms with Crippen molar-refractivity contribution in [3.05, 3.63) is 46.0 Å². The van der Waals surface area contributed by atoms with Crippen LogP contribution in [-0.2, 0) is 13.6 Å². The summed E-state index contributed by atoms with van der Waals surface area (Å²) in [7, 11) is 3.40. The highest BCUT2D eigenvalue weighted by molar-refractivity contribution is 6.00. The predicted molar refractivity (Wildman–Crippen MR) is 74.8 cm³/mol. The maximum absolute atomic E-state index is 12.2. The lowest BCUT2D eigenvalue weighted by Crippen LogP contribution is -2.25. The molecule has 0 spiro atoms. The minimum Gasteiger partial charge on any atom is -0.387 e. The van der Waals surface area contributed by atoms with E-state index in [1.807, 2.05) is 0 Å². The van der Waals surface area contributed by atoms with Gasteiger partial charge in [-0.15, -0.1) is 10.2 Å². The van der Waals surface area contributed by atoms with E-state index in [9.17, 15) is 14.9 Å². The van der Waals surface area contributed by atoms with Crippen LogP contribution >= 0.6 is 0 Å². The van der Waals surface area contributed by atoms with Gasteiger partial charge in [0.05, 0.1) is 17.0 Å². The summed E-state index contributed by atoms with van der Waals surface area (Å²) in [4.78, 5) is 22.4. The number of rotatable bonds is 5. The summed E-state index contributed by atoms with van der Waals surface area (Å²) in [5.41, 5.74) is 0.572. The molecule has 0 unspecified atom stereocenters. The zero-order chi connectivity index (χ0) is 15.4. The van der Waals surface area contributed by atoms with Crippen LogP contribution in [-0.4, -0.2) is 32.6 Å². The van der Waals surface area contributed by atoms with Gasteiger partial charge in [0.2, 0.25) is 0 Å². The van der Waals surface area contributed by atoms with Crippen LogP contribution in [0.1, 0.15) is 16.2 Å². The van der Waals surface area contributed by atoms with E-state index in [4.69, 9.17) is 0 Å². The Morgan fingerprint density at radius 2 is 2.24 bits per heavy atom. The number of aromatic nitrogens is 3. The van der Waals surface area contributed by atoms with E-state index in [-0.39, 0.29) is 17.8 Å². The smallest absolute Gasteiger partial charge is 0.270 e. The molecule has 21 heavy (non-hydrogen) atoms. The third-order valence-corrected chi connectivity index (χ3v) is 2.94. The van der Waals surface area contributed by atoms with Gasteiger partial charge in [-0.3, -0.25) is 14.9 Å². The van der Waals surface area contributed by atoms with Gasteiger partial charge in [0, 0.05) is 31.9 Å². The number of nitrogens with zero attached hydrogens (tertiary/aromatic N) is 4. The van der Waals surface area contributed by atoms with Crippen LogP contribution in [0, 0.1) is 10.1 Å². The Morgan fingerprint density at radius 3 is 2.81 bits per heavy atom. The molecule has 0 fully saturated rings. The van der Waals surface area contributed by atoms with Crippen LogP contribution < -0.4 is 10.6 Å². The van der Waals surface area contributed by atoms with Gasteiger partial charge in [-0.05, 0) is 6.07 Å². The van der Waals surface area contributed by atoms with Gasteiger partial charge in [0.15, 0.2) is 5.82 Å². The molecule has 0 saturated carbocycles. The molecule has 1 amide bonds. The van der Waals surface area contributed by atoms with E-state index >= 15 is 0 Å². The van der Waals surface area contributed by atoms with E-state index in [2.05, 4.69) is 20.8 Å². The molecule has 0 aliphatic heterocycles. The fourth-order valence-corrected chi connectivity index (χ4v) is 1.77. The van der Waals surface area contributed by atoms with Gasteiger partial charge in [0.1, 0.15) is 6.33 Å². The van der Waals surface area contributed by atoms with E-state index in [0.717, 1.165) is 0 Å². The molecule has 2 N–H and O–H groups in total. The third-order valence-electron chi connectivity index (χ3n) is 2.94. The van der Waals surface area contributed by atoms with Gasteiger partial charge in [-0.1, -0.05) is 0 Å². The first-order chi connectivity index (χ1) is 10.0. The first-order valence-electron chi connectivity index (χ1n) is 6.10. The summed E-state index contributed by atoms with van der Waals surface area (Å²) in [6.45, 7) is 0.182. The molecule has 2 rings (SSSR count). The summed E-state index contributed by atoms with van der Waals surface area (Å²) in [6, 6.07) is 4.07. The number of anilines is 1. The normalized spacial score (nSPS) is 10.2. The Bertz CT molecular complexity index is 681. The number of non-ortho nitro benzene ring substituents is 1. The van der Waals surface area contributed by atoms with Crippen molar-refractivity contribution < 1.29 is 9.72 Å². The standard InChI is InChI=1S/C12H14N6O3/c1-13-10-4-3-8(18(20)21)5-9(10)12(19)14-6-11-16-15-7-17(11)2/h3-5,7,13H,6H2,1-2H3,(H,14,19).